The molecule has 0 bridgehead atoms. The van der Waals surface area contributed by atoms with Crippen molar-refractivity contribution in [2.75, 3.05) is 0 Å². The Bertz CT molecular complexity index is 4330. The number of pyridine rings is 1. The molecule has 0 spiro atoms. The number of fused-ring (bicyclic) bond motifs is 10. The average Bonchev–Trinajstić information content (AvgIpc) is 4.09. The standard InChI is InChI=1S/C61H39N5O.Pt/c1-39-31-32-62-59(33-39)65-56-35-44(29-30-48(56)51-36-52-50-25-14-24-49-47-21-8-9-26-53(47)66(61(49)50)58(52)37-57(51)65)67-43-20-12-19-42(34-43)63-38-64(55-28-11-10-27-54(55)63)60-45(40-15-4-2-5-16-40)22-13-23-46(60)41-17-6-3-7-18-41;/h2-37H,1H3;. The van der Waals surface area contributed by atoms with Crippen molar-refractivity contribution in [2.45, 2.75) is 6.92 Å². The number of aryl methyl sites for hydroxylation is 1. The van der Waals surface area contributed by atoms with E-state index in [1.165, 1.54) is 43.5 Å². The molecule has 0 atom stereocenters. The molecule has 7 heteroatoms. The molecule has 68 heavy (non-hydrogen) atoms. The summed E-state index contributed by atoms with van der Waals surface area (Å²) in [6.45, 7) is 2.12. The number of para-hydroxylation sites is 5. The molecule has 14 aromatic rings. The minimum Gasteiger partial charge on any atom is 0.0620 e. The number of ether oxygens (including phenoxy) is 1. The van der Waals surface area contributed by atoms with E-state index < -0.39 is 0 Å². The van der Waals surface area contributed by atoms with E-state index in [-0.39, 0.29) is 0 Å². The third kappa shape index (κ3) is 5.81. The Morgan fingerprint density at radius 3 is 1.75 bits per heavy atom. The number of benzene rings is 9. The number of imidazole rings is 1. The van der Waals surface area contributed by atoms with Crippen LogP contribution in [0.3, 0.4) is 0 Å². The van der Waals surface area contributed by atoms with E-state index in [4.69, 9.17) is 9.72 Å². The Hall–Kier alpha value is -8.31. The molecule has 0 fully saturated rings. The molecule has 0 saturated carbocycles. The second-order valence-electron chi connectivity index (χ2n) is 17.6. The van der Waals surface area contributed by atoms with Gasteiger partial charge in [-0.15, -0.1) is 0 Å². The summed E-state index contributed by atoms with van der Waals surface area (Å²) in [4.78, 5) is 4.96. The molecular formula is C61H39N5OPt. The van der Waals surface area contributed by atoms with Gasteiger partial charge < -0.3 is 4.40 Å². The van der Waals surface area contributed by atoms with Crippen molar-refractivity contribution in [2.24, 2.45) is 0 Å². The third-order valence-electron chi connectivity index (χ3n) is 13.7. The number of aromatic nitrogens is 5. The van der Waals surface area contributed by atoms with E-state index in [2.05, 4.69) is 251 Å². The monoisotopic (exact) mass is 1050 g/mol. The SMILES string of the molecule is Cc1ccnc(-n2c3cc(Oc4cccc(-n5[c](=[Pt])n(-c6c(-c7ccccc7)cccc6-c6ccccc6)c6ccccc65)c4)ccc3c3cc4c5cccc6c7ccccc7n(c4cc32)c65)c1. The Morgan fingerprint density at radius 2 is 1.00 bits per heavy atom. The smallest absolute Gasteiger partial charge is 0.0620 e. The Morgan fingerprint density at radius 1 is 0.412 bits per heavy atom. The van der Waals surface area contributed by atoms with Crippen molar-refractivity contribution in [3.8, 4) is 50.9 Å². The summed E-state index contributed by atoms with van der Waals surface area (Å²) >= 11 is 2.50. The molecule has 0 radical (unpaired) electrons. The zero-order chi connectivity index (χ0) is 45.0. The quantitative estimate of drug-likeness (QED) is 0.160. The van der Waals surface area contributed by atoms with Gasteiger partial charge in [-0.3, -0.25) is 0 Å². The van der Waals surface area contributed by atoms with Crippen LogP contribution in [0.4, 0.5) is 0 Å². The second kappa shape index (κ2) is 15.1. The topological polar surface area (TPSA) is 41.3 Å². The summed E-state index contributed by atoms with van der Waals surface area (Å²) in [6, 6.07) is 76.0. The van der Waals surface area contributed by atoms with Gasteiger partial charge in [-0.25, -0.2) is 0 Å². The van der Waals surface area contributed by atoms with Crippen molar-refractivity contribution in [3.05, 3.63) is 228 Å². The molecule has 14 rings (SSSR count). The molecule has 0 saturated heterocycles. The van der Waals surface area contributed by atoms with Crippen LogP contribution in [0.15, 0.2) is 219 Å². The fraction of sp³-hybridized carbons (Fsp3) is 0.0164. The number of hydrogen-bond donors (Lipinski definition) is 0. The van der Waals surface area contributed by atoms with E-state index >= 15 is 0 Å². The van der Waals surface area contributed by atoms with Gasteiger partial charge in [0.25, 0.3) is 0 Å². The molecule has 6 nitrogen and oxygen atoms in total. The van der Waals surface area contributed by atoms with E-state index in [9.17, 15) is 0 Å². The molecule has 0 aliphatic heterocycles. The van der Waals surface area contributed by atoms with Gasteiger partial charge in [-0.05, 0) is 24.6 Å². The summed E-state index contributed by atoms with van der Waals surface area (Å²) in [5, 5.41) is 7.37. The predicted octanol–water partition coefficient (Wildman–Crippen LogP) is 15.6. The molecule has 9 aromatic carbocycles. The van der Waals surface area contributed by atoms with Crippen LogP contribution in [0, 0.1) is 10.7 Å². The van der Waals surface area contributed by atoms with Crippen molar-refractivity contribution in [3.63, 3.8) is 0 Å². The molecule has 0 aliphatic carbocycles. The maximum absolute atomic E-state index is 6.90. The van der Waals surface area contributed by atoms with Crippen molar-refractivity contribution >= 4 is 70.9 Å². The molecule has 5 heterocycles. The summed E-state index contributed by atoms with van der Waals surface area (Å²) in [6.07, 6.45) is 1.90. The zero-order valence-corrected chi connectivity index (χ0v) is 39.0. The fourth-order valence-electron chi connectivity index (χ4n) is 10.7. The number of rotatable bonds is 7. The summed E-state index contributed by atoms with van der Waals surface area (Å²) in [5.41, 5.74) is 15.9. The van der Waals surface area contributed by atoms with Gasteiger partial charge in [0, 0.05) is 27.7 Å². The first-order valence-corrected chi connectivity index (χ1v) is 24.0. The fourth-order valence-corrected chi connectivity index (χ4v) is 11.8. The van der Waals surface area contributed by atoms with Gasteiger partial charge in [-0.2, -0.15) is 0 Å². The van der Waals surface area contributed by atoms with E-state index in [1.807, 2.05) is 12.3 Å². The van der Waals surface area contributed by atoms with Gasteiger partial charge in [0.1, 0.15) is 0 Å². The van der Waals surface area contributed by atoms with Crippen molar-refractivity contribution in [1.82, 2.24) is 23.1 Å². The minimum atomic E-state index is 0.743. The Kier molecular flexibility index (Phi) is 8.65. The van der Waals surface area contributed by atoms with Crippen LogP contribution in [0.25, 0.3) is 110 Å². The van der Waals surface area contributed by atoms with Crippen LogP contribution < -0.4 is 4.74 Å². The predicted molar refractivity (Wildman–Crippen MR) is 275 cm³/mol. The normalized spacial score (nSPS) is 12.0. The van der Waals surface area contributed by atoms with Crippen molar-refractivity contribution < 1.29 is 24.1 Å². The first-order valence-electron chi connectivity index (χ1n) is 22.9. The van der Waals surface area contributed by atoms with Crippen LogP contribution in [0.2, 0.25) is 0 Å². The number of hydrogen-bond acceptors (Lipinski definition) is 2. The van der Waals surface area contributed by atoms with Crippen LogP contribution in [0.1, 0.15) is 5.56 Å². The van der Waals surface area contributed by atoms with Crippen molar-refractivity contribution in [1.29, 1.82) is 0 Å². The van der Waals surface area contributed by atoms with E-state index in [0.717, 1.165) is 87.8 Å². The second-order valence-corrected chi connectivity index (χ2v) is 18.6. The molecule has 324 valence electrons. The van der Waals surface area contributed by atoms with E-state index in [0.29, 0.717) is 0 Å². The van der Waals surface area contributed by atoms with Crippen LogP contribution in [-0.4, -0.2) is 23.1 Å². The molecule has 0 amide bonds. The van der Waals surface area contributed by atoms with Crippen LogP contribution >= 0.6 is 0 Å². The zero-order valence-electron chi connectivity index (χ0n) is 36.7. The van der Waals surface area contributed by atoms with Gasteiger partial charge in [0.05, 0.1) is 16.6 Å². The van der Waals surface area contributed by atoms with E-state index in [1.54, 1.807) is 0 Å². The summed E-state index contributed by atoms with van der Waals surface area (Å²) in [5.74, 6) is 2.36. The molecule has 5 aromatic heterocycles. The maximum atomic E-state index is 6.90. The van der Waals surface area contributed by atoms with Crippen LogP contribution in [0.5, 0.6) is 11.5 Å². The number of nitrogens with zero attached hydrogens (tertiary/aromatic N) is 5. The van der Waals surface area contributed by atoms with Gasteiger partial charge >= 0.3 is 294 Å². The minimum absolute atomic E-state index is 0.743. The Balaban J connectivity index is 0.928. The molecule has 0 unspecified atom stereocenters. The Labute approximate surface area is 401 Å². The molecule has 0 N–H and O–H groups in total. The van der Waals surface area contributed by atoms with Crippen LogP contribution in [-0.2, 0) is 19.4 Å². The first kappa shape index (κ1) is 38.9. The first-order chi connectivity index (χ1) is 33.6. The average molecular weight is 1050 g/mol. The molecular weight excluding hydrogens is 1010 g/mol. The summed E-state index contributed by atoms with van der Waals surface area (Å²) < 4.78 is 17.4. The summed E-state index contributed by atoms with van der Waals surface area (Å²) in [7, 11) is 0. The van der Waals surface area contributed by atoms with Gasteiger partial charge in [-0.1, -0.05) is 36.4 Å². The third-order valence-corrected chi connectivity index (χ3v) is 14.7. The van der Waals surface area contributed by atoms with Gasteiger partial charge in [0.15, 0.2) is 0 Å². The molecule has 0 aliphatic rings. The van der Waals surface area contributed by atoms with Gasteiger partial charge in [0.2, 0.25) is 0 Å².